The Bertz CT molecular complexity index is 1100. The number of hydrogen-bond acceptors (Lipinski definition) is 5. The molecule has 1 saturated carbocycles. The molecule has 27 heavy (non-hydrogen) atoms. The van der Waals surface area contributed by atoms with E-state index in [4.69, 9.17) is 4.98 Å². The summed E-state index contributed by atoms with van der Waals surface area (Å²) >= 11 is 5.20. The van der Waals surface area contributed by atoms with E-state index in [0.717, 1.165) is 32.8 Å². The van der Waals surface area contributed by atoms with Crippen LogP contribution in [0.1, 0.15) is 37.7 Å². The Morgan fingerprint density at radius 3 is 2.89 bits per heavy atom. The first-order valence-corrected chi connectivity index (χ1v) is 11.0. The van der Waals surface area contributed by atoms with E-state index in [1.54, 1.807) is 11.3 Å². The molecule has 0 amide bonds. The fraction of sp³-hybridized carbons (Fsp3) is 0.350. The van der Waals surface area contributed by atoms with Crippen molar-refractivity contribution in [2.24, 2.45) is 0 Å². The molecule has 138 valence electrons. The van der Waals surface area contributed by atoms with Gasteiger partial charge in [0.15, 0.2) is 10.8 Å². The molecule has 4 aromatic rings. The zero-order valence-electron chi connectivity index (χ0n) is 14.9. The highest BCUT2D eigenvalue weighted by atomic mass is 79.9. The summed E-state index contributed by atoms with van der Waals surface area (Å²) in [5, 5.41) is 4.69. The van der Waals surface area contributed by atoms with E-state index in [9.17, 15) is 0 Å². The zero-order chi connectivity index (χ0) is 18.2. The number of thiazole rings is 1. The zero-order valence-corrected chi connectivity index (χ0v) is 17.3. The fourth-order valence-corrected chi connectivity index (χ4v) is 5.11. The smallest absolute Gasteiger partial charge is 0.184 e. The number of rotatable bonds is 4. The van der Waals surface area contributed by atoms with E-state index < -0.39 is 0 Å². The van der Waals surface area contributed by atoms with Gasteiger partial charge < -0.3 is 9.88 Å². The number of pyridine rings is 1. The average molecular weight is 442 g/mol. The van der Waals surface area contributed by atoms with E-state index in [-0.39, 0.29) is 0 Å². The van der Waals surface area contributed by atoms with Gasteiger partial charge in [-0.2, -0.15) is 0 Å². The van der Waals surface area contributed by atoms with Crippen molar-refractivity contribution in [3.05, 3.63) is 46.8 Å². The second-order valence-electron chi connectivity index (χ2n) is 7.17. The van der Waals surface area contributed by atoms with Crippen LogP contribution in [0.2, 0.25) is 0 Å². The summed E-state index contributed by atoms with van der Waals surface area (Å²) < 4.78 is 4.26. The molecule has 1 N–H and O–H groups in total. The number of imidazole rings is 1. The lowest BCUT2D eigenvalue weighted by Gasteiger charge is -2.22. The lowest BCUT2D eigenvalue weighted by Crippen LogP contribution is -2.21. The minimum atomic E-state index is 0.585. The molecule has 1 aliphatic rings. The van der Waals surface area contributed by atoms with Crippen molar-refractivity contribution >= 4 is 53.8 Å². The Balaban J connectivity index is 1.38. The number of anilines is 1. The predicted molar refractivity (Wildman–Crippen MR) is 114 cm³/mol. The Kier molecular flexibility index (Phi) is 4.57. The number of benzene rings is 1. The highest BCUT2D eigenvalue weighted by Crippen LogP contribution is 2.30. The molecule has 0 radical (unpaired) electrons. The second-order valence-corrected chi connectivity index (χ2v) is 9.12. The number of nitrogens with zero attached hydrogens (tertiary/aromatic N) is 4. The van der Waals surface area contributed by atoms with Crippen LogP contribution in [0.3, 0.4) is 0 Å². The summed E-state index contributed by atoms with van der Waals surface area (Å²) in [6, 6.07) is 9.09. The van der Waals surface area contributed by atoms with Gasteiger partial charge in [-0.15, -0.1) is 0 Å². The van der Waals surface area contributed by atoms with Gasteiger partial charge in [-0.1, -0.05) is 36.7 Å². The molecule has 3 aromatic heterocycles. The van der Waals surface area contributed by atoms with Crippen molar-refractivity contribution in [2.45, 2.75) is 44.7 Å². The van der Waals surface area contributed by atoms with Crippen molar-refractivity contribution in [1.29, 1.82) is 0 Å². The number of halogens is 1. The van der Waals surface area contributed by atoms with Gasteiger partial charge in [0.25, 0.3) is 0 Å². The fourth-order valence-electron chi connectivity index (χ4n) is 3.79. The van der Waals surface area contributed by atoms with Crippen LogP contribution in [0.15, 0.2) is 41.3 Å². The van der Waals surface area contributed by atoms with Crippen molar-refractivity contribution < 1.29 is 0 Å². The number of hydrogen-bond donors (Lipinski definition) is 1. The van der Waals surface area contributed by atoms with E-state index >= 15 is 0 Å². The molecule has 1 aromatic carbocycles. The van der Waals surface area contributed by atoms with Crippen LogP contribution in [0.25, 0.3) is 21.4 Å². The summed E-state index contributed by atoms with van der Waals surface area (Å²) in [5.41, 5.74) is 4.11. The Hall–Kier alpha value is -1.99. The van der Waals surface area contributed by atoms with Crippen LogP contribution in [0.5, 0.6) is 0 Å². The average Bonchev–Trinajstić information content (AvgIpc) is 3.25. The first-order valence-electron chi connectivity index (χ1n) is 9.37. The molecule has 0 atom stereocenters. The molecule has 1 fully saturated rings. The first-order chi connectivity index (χ1) is 13.2. The van der Waals surface area contributed by atoms with E-state index in [0.29, 0.717) is 6.04 Å². The van der Waals surface area contributed by atoms with Gasteiger partial charge in [0.1, 0.15) is 5.52 Å². The van der Waals surface area contributed by atoms with Gasteiger partial charge in [-0.25, -0.2) is 15.0 Å². The summed E-state index contributed by atoms with van der Waals surface area (Å²) in [5.74, 6) is 0. The van der Waals surface area contributed by atoms with E-state index in [2.05, 4.69) is 54.0 Å². The molecule has 7 heteroatoms. The largest absolute Gasteiger partial charge is 0.359 e. The minimum Gasteiger partial charge on any atom is -0.359 e. The molecular weight excluding hydrogens is 422 g/mol. The lowest BCUT2D eigenvalue weighted by atomic mass is 9.96. The topological polar surface area (TPSA) is 55.6 Å². The van der Waals surface area contributed by atoms with Crippen LogP contribution in [0.4, 0.5) is 5.13 Å². The van der Waals surface area contributed by atoms with Crippen LogP contribution < -0.4 is 5.32 Å². The molecule has 0 aliphatic heterocycles. The minimum absolute atomic E-state index is 0.585. The van der Waals surface area contributed by atoms with E-state index in [1.165, 1.54) is 42.4 Å². The van der Waals surface area contributed by atoms with Crippen LogP contribution in [-0.2, 0) is 6.54 Å². The standard InChI is InChI=1S/C20H20BrN5S/c21-14-9-17-19(22-10-14)26(12-23-17)11-13-6-7-16-18(8-13)27-20(25-16)24-15-4-2-1-3-5-15/h6-10,12,15H,1-5,11H2,(H,24,25). The quantitative estimate of drug-likeness (QED) is 0.447. The van der Waals surface area contributed by atoms with Gasteiger partial charge >= 0.3 is 0 Å². The number of fused-ring (bicyclic) bond motifs is 2. The Morgan fingerprint density at radius 1 is 1.11 bits per heavy atom. The third-order valence-corrected chi connectivity index (χ3v) is 6.54. The Morgan fingerprint density at radius 2 is 2.00 bits per heavy atom. The maximum Gasteiger partial charge on any atom is 0.184 e. The third kappa shape index (κ3) is 3.58. The SMILES string of the molecule is Brc1cnc2c(c1)ncn2Cc1ccc2nc(NC3CCCCC3)sc2c1. The summed E-state index contributed by atoms with van der Waals surface area (Å²) in [4.78, 5) is 13.7. The van der Waals surface area contributed by atoms with Crippen LogP contribution in [0, 0.1) is 0 Å². The predicted octanol–water partition coefficient (Wildman–Crippen LogP) is 5.60. The Labute approximate surface area is 170 Å². The monoisotopic (exact) mass is 441 g/mol. The number of aromatic nitrogens is 4. The second kappa shape index (κ2) is 7.20. The maximum absolute atomic E-state index is 4.78. The maximum atomic E-state index is 4.78. The van der Waals surface area contributed by atoms with Crippen molar-refractivity contribution in [3.63, 3.8) is 0 Å². The highest BCUT2D eigenvalue weighted by Gasteiger charge is 2.15. The van der Waals surface area contributed by atoms with Gasteiger partial charge in [0.05, 0.1) is 23.1 Å². The van der Waals surface area contributed by atoms with Crippen LogP contribution in [-0.4, -0.2) is 25.6 Å². The molecule has 1 aliphatic carbocycles. The first kappa shape index (κ1) is 17.1. The van der Waals surface area contributed by atoms with Crippen molar-refractivity contribution in [2.75, 3.05) is 5.32 Å². The normalized spacial score (nSPS) is 15.6. The van der Waals surface area contributed by atoms with Gasteiger partial charge in [-0.05, 0) is 52.5 Å². The van der Waals surface area contributed by atoms with Gasteiger partial charge in [-0.3, -0.25) is 0 Å². The molecule has 0 spiro atoms. The van der Waals surface area contributed by atoms with Crippen molar-refractivity contribution in [1.82, 2.24) is 19.5 Å². The number of nitrogens with one attached hydrogen (secondary N) is 1. The van der Waals surface area contributed by atoms with Gasteiger partial charge in [0.2, 0.25) is 0 Å². The van der Waals surface area contributed by atoms with Crippen molar-refractivity contribution in [3.8, 4) is 0 Å². The third-order valence-electron chi connectivity index (χ3n) is 5.16. The molecule has 3 heterocycles. The molecule has 5 rings (SSSR count). The molecule has 0 bridgehead atoms. The molecular formula is C20H20BrN5S. The van der Waals surface area contributed by atoms with E-state index in [1.807, 2.05) is 18.6 Å². The molecule has 0 unspecified atom stereocenters. The lowest BCUT2D eigenvalue weighted by molar-refractivity contribution is 0.462. The summed E-state index contributed by atoms with van der Waals surface area (Å²) in [7, 11) is 0. The highest BCUT2D eigenvalue weighted by molar-refractivity contribution is 9.10. The molecule has 5 nitrogen and oxygen atoms in total. The summed E-state index contributed by atoms with van der Waals surface area (Å²) in [6.07, 6.45) is 10.2. The van der Waals surface area contributed by atoms with Gasteiger partial charge in [0, 0.05) is 16.7 Å². The summed E-state index contributed by atoms with van der Waals surface area (Å²) in [6.45, 7) is 0.754. The molecule has 0 saturated heterocycles. The van der Waals surface area contributed by atoms with Crippen LogP contribution >= 0.6 is 27.3 Å².